The van der Waals surface area contributed by atoms with Gasteiger partial charge in [-0.05, 0) is 0 Å². The van der Waals surface area contributed by atoms with Crippen LogP contribution in [0.15, 0.2) is 0 Å². The van der Waals surface area contributed by atoms with Crippen molar-refractivity contribution in [2.45, 2.75) is 68.3 Å². The Bertz CT molecular complexity index is 492. The highest BCUT2D eigenvalue weighted by Gasteiger charge is 2.51. The lowest BCUT2D eigenvalue weighted by Crippen LogP contribution is -2.67. The minimum Gasteiger partial charge on any atom is -0.394 e. The molecule has 0 aliphatic carbocycles. The van der Waals surface area contributed by atoms with E-state index in [0.29, 0.717) is 0 Å². The van der Waals surface area contributed by atoms with Crippen LogP contribution in [-0.4, -0.2) is 118 Å². The van der Waals surface area contributed by atoms with Gasteiger partial charge in [0.1, 0.15) is 48.8 Å². The van der Waals surface area contributed by atoms with Crippen LogP contribution in [0.4, 0.5) is 0 Å². The molecule has 0 aromatic heterocycles. The summed E-state index contributed by atoms with van der Waals surface area (Å²) in [6.07, 6.45) is -12.6. The molecule has 1 amide bonds. The average Bonchev–Trinajstić information content (AvgIpc) is 2.64. The third kappa shape index (κ3) is 4.74. The van der Waals surface area contributed by atoms with E-state index in [2.05, 4.69) is 5.32 Å². The third-order valence-corrected chi connectivity index (χ3v) is 4.59. The summed E-state index contributed by atoms with van der Waals surface area (Å²) in [7, 11) is 1.29. The summed E-state index contributed by atoms with van der Waals surface area (Å²) in [5.74, 6) is -0.473. The number of methoxy groups -OCH3 is 1. The van der Waals surface area contributed by atoms with Gasteiger partial charge in [0.15, 0.2) is 12.6 Å². The molecule has 0 saturated carbocycles. The minimum absolute atomic E-state index is 0.473. The van der Waals surface area contributed by atoms with Gasteiger partial charge < -0.3 is 54.9 Å². The normalized spacial score (nSPS) is 45.5. The second-order valence-electron chi connectivity index (χ2n) is 6.48. The van der Waals surface area contributed by atoms with Gasteiger partial charge in [-0.1, -0.05) is 0 Å². The van der Waals surface area contributed by atoms with E-state index in [4.69, 9.17) is 18.9 Å². The topological polar surface area (TPSA) is 187 Å². The van der Waals surface area contributed by atoms with Crippen LogP contribution in [0.3, 0.4) is 0 Å². The van der Waals surface area contributed by atoms with Gasteiger partial charge in [0.25, 0.3) is 0 Å². The molecule has 0 radical (unpaired) electrons. The van der Waals surface area contributed by atoms with Gasteiger partial charge in [-0.3, -0.25) is 4.79 Å². The molecule has 158 valence electrons. The van der Waals surface area contributed by atoms with Crippen molar-refractivity contribution in [3.05, 3.63) is 0 Å². The number of aliphatic hydroxyl groups excluding tert-OH is 6. The van der Waals surface area contributed by atoms with Crippen LogP contribution in [0.5, 0.6) is 0 Å². The summed E-state index contributed by atoms with van der Waals surface area (Å²) < 4.78 is 21.3. The molecule has 12 nitrogen and oxygen atoms in total. The average molecular weight is 397 g/mol. The van der Waals surface area contributed by atoms with Crippen molar-refractivity contribution < 1.29 is 54.4 Å². The number of carbonyl (C=O) groups excluding carboxylic acids is 1. The van der Waals surface area contributed by atoms with Gasteiger partial charge in [-0.25, -0.2) is 0 Å². The Balaban J connectivity index is 2.19. The standard InChI is InChI=1S/C15H27NO11/c1-5(19)16-8-10(21)13(7(4-18)26-14(8)24-2)27-15-12(23)11(22)9(20)6(3-17)25-15/h6-15,17-18,20-23H,3-4H2,1-2H3,(H,16,19)/t6?,7?,8?,9-,10+,11-,12?,13+,14+,15-/m0/s1. The first-order valence-electron chi connectivity index (χ1n) is 8.45. The number of rotatable bonds is 6. The molecule has 2 saturated heterocycles. The van der Waals surface area contributed by atoms with Crippen LogP contribution in [0, 0.1) is 0 Å². The van der Waals surface area contributed by atoms with Crippen molar-refractivity contribution in [3.8, 4) is 0 Å². The molecular formula is C15H27NO11. The van der Waals surface area contributed by atoms with Crippen LogP contribution >= 0.6 is 0 Å². The fourth-order valence-corrected chi connectivity index (χ4v) is 3.16. The summed E-state index contributed by atoms with van der Waals surface area (Å²) in [6, 6.07) is -1.05. The van der Waals surface area contributed by atoms with Gasteiger partial charge in [0.2, 0.25) is 5.91 Å². The molecule has 10 atom stereocenters. The fourth-order valence-electron chi connectivity index (χ4n) is 3.16. The van der Waals surface area contributed by atoms with Crippen LogP contribution in [0.25, 0.3) is 0 Å². The Kier molecular flexibility index (Phi) is 7.88. The largest absolute Gasteiger partial charge is 0.394 e. The first-order chi connectivity index (χ1) is 12.7. The first-order valence-corrected chi connectivity index (χ1v) is 8.45. The highest BCUT2D eigenvalue weighted by Crippen LogP contribution is 2.29. The molecule has 4 unspecified atom stereocenters. The number of amides is 1. The fraction of sp³-hybridized carbons (Fsp3) is 0.933. The van der Waals surface area contributed by atoms with Crippen LogP contribution < -0.4 is 5.32 Å². The Hall–Kier alpha value is -0.930. The lowest BCUT2D eigenvalue weighted by atomic mass is 9.95. The molecule has 0 aromatic rings. The molecule has 0 spiro atoms. The Morgan fingerprint density at radius 3 is 2.04 bits per heavy atom. The summed E-state index contributed by atoms with van der Waals surface area (Å²) >= 11 is 0. The van der Waals surface area contributed by atoms with Gasteiger partial charge in [0.05, 0.1) is 13.2 Å². The highest BCUT2D eigenvalue weighted by atomic mass is 16.7. The number of carbonyl (C=O) groups is 1. The summed E-state index contributed by atoms with van der Waals surface area (Å²) in [5.41, 5.74) is 0. The van der Waals surface area contributed by atoms with Crippen molar-refractivity contribution in [1.82, 2.24) is 5.32 Å². The summed E-state index contributed by atoms with van der Waals surface area (Å²) in [5, 5.41) is 61.6. The highest BCUT2D eigenvalue weighted by molar-refractivity contribution is 5.73. The van der Waals surface area contributed by atoms with E-state index in [1.165, 1.54) is 14.0 Å². The van der Waals surface area contributed by atoms with Gasteiger partial charge >= 0.3 is 0 Å². The van der Waals surface area contributed by atoms with E-state index in [-0.39, 0.29) is 0 Å². The molecule has 2 rings (SSSR count). The number of hydrogen-bond donors (Lipinski definition) is 7. The van der Waals surface area contributed by atoms with Crippen molar-refractivity contribution in [2.75, 3.05) is 20.3 Å². The van der Waals surface area contributed by atoms with Crippen molar-refractivity contribution >= 4 is 5.91 Å². The molecule has 0 bridgehead atoms. The van der Waals surface area contributed by atoms with E-state index >= 15 is 0 Å². The monoisotopic (exact) mass is 397 g/mol. The van der Waals surface area contributed by atoms with E-state index < -0.39 is 80.5 Å². The van der Waals surface area contributed by atoms with E-state index in [1.807, 2.05) is 0 Å². The Morgan fingerprint density at radius 1 is 0.926 bits per heavy atom. The molecule has 2 heterocycles. The number of ether oxygens (including phenoxy) is 4. The maximum absolute atomic E-state index is 11.4. The maximum Gasteiger partial charge on any atom is 0.217 e. The van der Waals surface area contributed by atoms with Gasteiger partial charge in [-0.15, -0.1) is 0 Å². The number of hydrogen-bond acceptors (Lipinski definition) is 11. The van der Waals surface area contributed by atoms with E-state index in [9.17, 15) is 35.4 Å². The molecular weight excluding hydrogens is 370 g/mol. The second kappa shape index (κ2) is 9.52. The SMILES string of the molecule is CO[C@@H]1OC(CO)[C@@H](O[C@@H]2OC(CO)[C@H](O)[C@H](O)C2O)[C@H](O)C1NC(C)=O. The van der Waals surface area contributed by atoms with Crippen LogP contribution in [0.1, 0.15) is 6.92 Å². The Labute approximate surface area is 155 Å². The molecule has 27 heavy (non-hydrogen) atoms. The lowest BCUT2D eigenvalue weighted by Gasteiger charge is -2.46. The third-order valence-electron chi connectivity index (χ3n) is 4.59. The maximum atomic E-state index is 11.4. The smallest absolute Gasteiger partial charge is 0.217 e. The Morgan fingerprint density at radius 2 is 1.52 bits per heavy atom. The minimum atomic E-state index is -1.70. The van der Waals surface area contributed by atoms with E-state index in [1.54, 1.807) is 0 Å². The zero-order chi connectivity index (χ0) is 20.3. The first kappa shape index (κ1) is 22.4. The molecule has 2 aliphatic rings. The van der Waals surface area contributed by atoms with Crippen molar-refractivity contribution in [2.24, 2.45) is 0 Å². The number of nitrogens with one attached hydrogen (secondary N) is 1. The van der Waals surface area contributed by atoms with Gasteiger partial charge in [0, 0.05) is 14.0 Å². The van der Waals surface area contributed by atoms with Crippen LogP contribution in [-0.2, 0) is 23.7 Å². The van der Waals surface area contributed by atoms with Crippen LogP contribution in [0.2, 0.25) is 0 Å². The summed E-state index contributed by atoms with van der Waals surface area (Å²) in [4.78, 5) is 11.4. The summed E-state index contributed by atoms with van der Waals surface area (Å²) in [6.45, 7) is -0.0188. The van der Waals surface area contributed by atoms with Crippen molar-refractivity contribution in [3.63, 3.8) is 0 Å². The zero-order valence-electron chi connectivity index (χ0n) is 14.9. The van der Waals surface area contributed by atoms with Gasteiger partial charge in [-0.2, -0.15) is 0 Å². The van der Waals surface area contributed by atoms with E-state index in [0.717, 1.165) is 0 Å². The molecule has 12 heteroatoms. The molecule has 2 fully saturated rings. The quantitative estimate of drug-likeness (QED) is 0.228. The molecule has 0 aromatic carbocycles. The predicted molar refractivity (Wildman–Crippen MR) is 85.0 cm³/mol. The number of aliphatic hydroxyl groups is 6. The lowest BCUT2D eigenvalue weighted by molar-refractivity contribution is -0.346. The molecule has 2 aliphatic heterocycles. The second-order valence-corrected chi connectivity index (χ2v) is 6.48. The van der Waals surface area contributed by atoms with Crippen molar-refractivity contribution in [1.29, 1.82) is 0 Å². The molecule has 7 N–H and O–H groups in total. The predicted octanol–water partition coefficient (Wildman–Crippen LogP) is -4.60. The zero-order valence-corrected chi connectivity index (χ0v) is 14.9.